The summed E-state index contributed by atoms with van der Waals surface area (Å²) in [7, 11) is 0. The van der Waals surface area contributed by atoms with Crippen molar-refractivity contribution >= 4 is 35.6 Å². The Kier molecular flexibility index (Phi) is 16.2. The van der Waals surface area contributed by atoms with E-state index in [0.29, 0.717) is 45.1 Å². The fraction of sp³-hybridized carbons (Fsp3) is 0.651. The van der Waals surface area contributed by atoms with E-state index in [1.807, 2.05) is 26.0 Å². The number of hydrogen-bond donors (Lipinski definition) is 8. The van der Waals surface area contributed by atoms with E-state index in [1.165, 1.54) is 10.5 Å². The van der Waals surface area contributed by atoms with Crippen molar-refractivity contribution in [3.63, 3.8) is 0 Å². The number of urea groups is 1. The number of fused-ring (bicyclic) bond motifs is 1. The van der Waals surface area contributed by atoms with Crippen LogP contribution in [0.3, 0.4) is 0 Å². The molecule has 330 valence electrons. The molecule has 2 fully saturated rings. The molecule has 0 radical (unpaired) electrons. The zero-order valence-electron chi connectivity index (χ0n) is 35.0. The van der Waals surface area contributed by atoms with Gasteiger partial charge < -0.3 is 51.3 Å². The fourth-order valence-electron chi connectivity index (χ4n) is 8.37. The quantitative estimate of drug-likeness (QED) is 0.0948. The van der Waals surface area contributed by atoms with Crippen LogP contribution in [0.2, 0.25) is 0 Å². The van der Waals surface area contributed by atoms with E-state index in [2.05, 4.69) is 28.1 Å². The number of aromatic nitrogens is 2. The molecule has 2 saturated heterocycles. The second-order valence-corrected chi connectivity index (χ2v) is 16.9. The summed E-state index contributed by atoms with van der Waals surface area (Å²) in [4.78, 5) is 74.6. The number of carbonyl (C=O) groups is 5. The molecule has 3 atom stereocenters. The Labute approximate surface area is 351 Å². The summed E-state index contributed by atoms with van der Waals surface area (Å²) in [6.45, 7) is 5.84. The van der Waals surface area contributed by atoms with Gasteiger partial charge in [-0.05, 0) is 120 Å². The molecule has 0 spiro atoms. The highest BCUT2D eigenvalue weighted by Crippen LogP contribution is 2.29. The molecule has 2 aromatic heterocycles. The molecule has 2 aromatic rings. The predicted molar refractivity (Wildman–Crippen MR) is 221 cm³/mol. The molecule has 17 nitrogen and oxygen atoms in total. The van der Waals surface area contributed by atoms with Crippen LogP contribution >= 0.6 is 0 Å². The molecule has 5 rings (SSSR count). The first-order valence-corrected chi connectivity index (χ1v) is 21.4. The Morgan fingerprint density at radius 3 is 2.17 bits per heavy atom. The lowest BCUT2D eigenvalue weighted by Crippen LogP contribution is -2.61. The highest BCUT2D eigenvalue weighted by Gasteiger charge is 2.46. The Hall–Kier alpha value is -4.87. The molecule has 5 heterocycles. The number of nitrogens with zero attached hydrogens (tertiary/aromatic N) is 4. The van der Waals surface area contributed by atoms with Crippen molar-refractivity contribution in [1.29, 1.82) is 0 Å². The first-order chi connectivity index (χ1) is 28.6. The number of anilines is 1. The lowest BCUT2D eigenvalue weighted by molar-refractivity contribution is -0.168. The summed E-state index contributed by atoms with van der Waals surface area (Å²) < 4.78 is 0. The van der Waals surface area contributed by atoms with E-state index in [9.17, 15) is 44.4 Å². The van der Waals surface area contributed by atoms with Crippen molar-refractivity contribution in [1.82, 2.24) is 30.4 Å². The lowest BCUT2D eigenvalue weighted by Gasteiger charge is -2.41. The van der Waals surface area contributed by atoms with Gasteiger partial charge in [0.2, 0.25) is 11.8 Å². The number of aryl methyl sites for hydroxylation is 5. The number of amides is 4. The molecule has 3 aliphatic heterocycles. The lowest BCUT2D eigenvalue weighted by atomic mass is 9.83. The number of aliphatic hydroxyl groups excluding tert-OH is 1. The van der Waals surface area contributed by atoms with Gasteiger partial charge in [0.05, 0.1) is 5.60 Å². The van der Waals surface area contributed by atoms with E-state index in [-0.39, 0.29) is 76.1 Å². The third-order valence-electron chi connectivity index (χ3n) is 12.3. The number of pyridine rings is 2. The third-order valence-corrected chi connectivity index (χ3v) is 12.3. The largest absolute Gasteiger partial charge is 0.480 e. The van der Waals surface area contributed by atoms with Crippen molar-refractivity contribution in [3.05, 3.63) is 52.5 Å². The zero-order valence-corrected chi connectivity index (χ0v) is 35.0. The molecular formula is C43H63N7O10. The van der Waals surface area contributed by atoms with Gasteiger partial charge in [-0.3, -0.25) is 14.6 Å². The predicted octanol–water partition coefficient (Wildman–Crippen LogP) is 2.35. The normalized spacial score (nSPS) is 18.6. The van der Waals surface area contributed by atoms with Gasteiger partial charge in [-0.25, -0.2) is 19.4 Å². The summed E-state index contributed by atoms with van der Waals surface area (Å²) in [5.41, 5.74) is 1.56. The zero-order chi connectivity index (χ0) is 43.5. The van der Waals surface area contributed by atoms with Crippen LogP contribution in [0.5, 0.6) is 0 Å². The first-order valence-electron chi connectivity index (χ1n) is 21.4. The number of rotatable bonds is 19. The smallest absolute Gasteiger partial charge is 0.335 e. The van der Waals surface area contributed by atoms with Crippen LogP contribution in [0.25, 0.3) is 0 Å². The number of aliphatic hydroxyl groups is 3. The molecule has 0 aromatic carbocycles. The van der Waals surface area contributed by atoms with E-state index in [4.69, 9.17) is 15.1 Å². The number of likely N-dealkylation sites (tertiary alicyclic amines) is 2. The number of carboxylic acid groups (broad SMARTS) is 2. The van der Waals surface area contributed by atoms with Crippen LogP contribution in [-0.2, 0) is 44.9 Å². The van der Waals surface area contributed by atoms with Crippen molar-refractivity contribution in [2.24, 2.45) is 5.92 Å². The minimum Gasteiger partial charge on any atom is -0.480 e. The van der Waals surface area contributed by atoms with Gasteiger partial charge in [-0.2, -0.15) is 0 Å². The number of unbranched alkanes of at least 4 members (excludes halogenated alkanes) is 1. The second-order valence-electron chi connectivity index (χ2n) is 16.9. The number of carboxylic acids is 2. The minimum absolute atomic E-state index is 0.0280. The van der Waals surface area contributed by atoms with Crippen molar-refractivity contribution in [2.75, 3.05) is 44.6 Å². The molecule has 0 aliphatic carbocycles. The van der Waals surface area contributed by atoms with Gasteiger partial charge in [0.1, 0.15) is 11.4 Å². The summed E-state index contributed by atoms with van der Waals surface area (Å²) >= 11 is 0. The van der Waals surface area contributed by atoms with Gasteiger partial charge in [-0.1, -0.05) is 19.1 Å². The molecule has 8 N–H and O–H groups in total. The topological polar surface area (TPSA) is 255 Å². The van der Waals surface area contributed by atoms with E-state index in [1.54, 1.807) is 4.90 Å². The number of piperidine rings is 2. The average molecular weight is 838 g/mol. The summed E-state index contributed by atoms with van der Waals surface area (Å²) in [5, 5.41) is 59.4. The Balaban J connectivity index is 0.968. The number of nitrogens with one attached hydrogen (secondary N) is 3. The molecule has 0 saturated carbocycles. The molecule has 0 bridgehead atoms. The number of carbonyl (C=O) groups excluding carboxylic acids is 3. The first kappa shape index (κ1) is 46.2. The molecule has 17 heteroatoms. The fourth-order valence-corrected chi connectivity index (χ4v) is 8.37. The molecular weight excluding hydrogens is 775 g/mol. The Morgan fingerprint density at radius 2 is 1.48 bits per heavy atom. The summed E-state index contributed by atoms with van der Waals surface area (Å²) in [5.74, 6) is -2.41. The minimum atomic E-state index is -1.90. The summed E-state index contributed by atoms with van der Waals surface area (Å²) in [6, 6.07) is 6.31. The standard InChI is InChI=1S/C43H63N7O10/c1-28(11-12-30-13-15-32(46-29(30)2)9-6-22-45-41(58)50-25-19-43(60,20-26-50)37(53)40(56)57)27-34(51)48-36(39(54)55)42(59)17-23-49(24-18-42)35(52)10-4-3-8-33-16-14-31-7-5-21-44-38(31)47-33/h13-16,28,36-37,53,59-60H,3-12,17-27H2,1-2H3,(H,44,47)(H,45,58)(H,48,51)(H,54,55)(H,56,57)/t28?,36-,37?/m0/s1. The highest BCUT2D eigenvalue weighted by atomic mass is 16.4. The molecule has 2 unspecified atom stereocenters. The van der Waals surface area contributed by atoms with Gasteiger partial charge in [0, 0.05) is 69.2 Å². The summed E-state index contributed by atoms with van der Waals surface area (Å²) in [6.07, 6.45) is 5.59. The van der Waals surface area contributed by atoms with Crippen LogP contribution in [0.15, 0.2) is 24.3 Å². The van der Waals surface area contributed by atoms with Crippen LogP contribution in [0.1, 0.15) is 106 Å². The van der Waals surface area contributed by atoms with Crippen molar-refractivity contribution in [3.8, 4) is 0 Å². The molecule has 3 aliphatic rings. The maximum absolute atomic E-state index is 13.1. The second kappa shape index (κ2) is 21.1. The van der Waals surface area contributed by atoms with Gasteiger partial charge in [0.25, 0.3) is 0 Å². The van der Waals surface area contributed by atoms with Crippen molar-refractivity contribution in [2.45, 2.75) is 134 Å². The maximum Gasteiger partial charge on any atom is 0.335 e. The van der Waals surface area contributed by atoms with Crippen LogP contribution in [-0.4, -0.2) is 138 Å². The Bertz CT molecular complexity index is 1830. The number of aliphatic carboxylic acids is 2. The third kappa shape index (κ3) is 12.6. The van der Waals surface area contributed by atoms with Crippen LogP contribution in [0, 0.1) is 12.8 Å². The van der Waals surface area contributed by atoms with E-state index >= 15 is 0 Å². The highest BCUT2D eigenvalue weighted by molar-refractivity contribution is 5.85. The van der Waals surface area contributed by atoms with Crippen molar-refractivity contribution < 1.29 is 49.5 Å². The van der Waals surface area contributed by atoms with Gasteiger partial charge >= 0.3 is 18.0 Å². The van der Waals surface area contributed by atoms with Gasteiger partial charge in [0.15, 0.2) is 12.1 Å². The Morgan fingerprint density at radius 1 is 0.833 bits per heavy atom. The van der Waals surface area contributed by atoms with Crippen LogP contribution < -0.4 is 16.0 Å². The molecule has 60 heavy (non-hydrogen) atoms. The van der Waals surface area contributed by atoms with E-state index < -0.39 is 41.2 Å². The van der Waals surface area contributed by atoms with Gasteiger partial charge in [-0.15, -0.1) is 0 Å². The molecule has 4 amide bonds. The number of hydrogen-bond acceptors (Lipinski definition) is 11. The SMILES string of the molecule is Cc1nc(CCCNC(=O)N2CCC(O)(C(O)C(=O)O)CC2)ccc1CCC(C)CC(=O)N[C@@H](C(=O)O)C1(O)CCN(C(=O)CCCCc2ccc3c(n2)NCCC3)CC1. The van der Waals surface area contributed by atoms with Crippen LogP contribution in [0.4, 0.5) is 10.6 Å². The monoisotopic (exact) mass is 837 g/mol. The van der Waals surface area contributed by atoms with E-state index in [0.717, 1.165) is 60.7 Å². The average Bonchev–Trinajstić information content (AvgIpc) is 3.22. The maximum atomic E-state index is 13.1.